The van der Waals surface area contributed by atoms with Gasteiger partial charge in [0.2, 0.25) is 0 Å². The van der Waals surface area contributed by atoms with E-state index in [-0.39, 0.29) is 11.6 Å². The van der Waals surface area contributed by atoms with Crippen LogP contribution in [0.1, 0.15) is 20.8 Å². The third-order valence-corrected chi connectivity index (χ3v) is 2.34. The van der Waals surface area contributed by atoms with Crippen LogP contribution >= 0.6 is 0 Å². The Morgan fingerprint density at radius 3 is 2.79 bits per heavy atom. The molecule has 0 aromatic carbocycles. The molecule has 2 heterocycles. The molecule has 0 spiro atoms. The standard InChI is InChI=1S/C11H11N5O3/c17-10(12-3-5-16-6-4-14-15-16)8-1-2-9(11(18)19)13-7-8/h1-2,4,6-7H,3,5H2,(H,12,17)(H,18,19). The van der Waals surface area contributed by atoms with Crippen LogP contribution in [0.5, 0.6) is 0 Å². The summed E-state index contributed by atoms with van der Waals surface area (Å²) < 4.78 is 1.59. The van der Waals surface area contributed by atoms with Crippen molar-refractivity contribution in [2.24, 2.45) is 0 Å². The number of rotatable bonds is 5. The van der Waals surface area contributed by atoms with Crippen LogP contribution in [0.2, 0.25) is 0 Å². The van der Waals surface area contributed by atoms with E-state index in [1.807, 2.05) is 0 Å². The lowest BCUT2D eigenvalue weighted by molar-refractivity contribution is 0.0689. The van der Waals surface area contributed by atoms with E-state index >= 15 is 0 Å². The zero-order valence-electron chi connectivity index (χ0n) is 9.85. The maximum absolute atomic E-state index is 11.7. The molecule has 0 bridgehead atoms. The van der Waals surface area contributed by atoms with E-state index in [1.54, 1.807) is 17.1 Å². The number of pyridine rings is 1. The fraction of sp³-hybridized carbons (Fsp3) is 0.182. The molecule has 0 unspecified atom stereocenters. The molecule has 98 valence electrons. The summed E-state index contributed by atoms with van der Waals surface area (Å²) in [6, 6.07) is 2.70. The average molecular weight is 261 g/mol. The Balaban J connectivity index is 1.87. The van der Waals surface area contributed by atoms with Crippen molar-refractivity contribution in [2.45, 2.75) is 6.54 Å². The highest BCUT2D eigenvalue weighted by Gasteiger charge is 2.08. The van der Waals surface area contributed by atoms with Crippen molar-refractivity contribution in [3.8, 4) is 0 Å². The number of hydrogen-bond acceptors (Lipinski definition) is 5. The first-order valence-electron chi connectivity index (χ1n) is 5.48. The molecule has 2 N–H and O–H groups in total. The van der Waals surface area contributed by atoms with Gasteiger partial charge < -0.3 is 10.4 Å². The number of carboxylic acid groups (broad SMARTS) is 1. The number of nitrogens with zero attached hydrogens (tertiary/aromatic N) is 4. The van der Waals surface area contributed by atoms with Crippen molar-refractivity contribution in [1.82, 2.24) is 25.3 Å². The average Bonchev–Trinajstić information content (AvgIpc) is 2.92. The Bertz CT molecular complexity index is 565. The van der Waals surface area contributed by atoms with Crippen LogP contribution in [0.15, 0.2) is 30.7 Å². The van der Waals surface area contributed by atoms with Crippen LogP contribution in [0.25, 0.3) is 0 Å². The maximum Gasteiger partial charge on any atom is 0.354 e. The number of hydrogen-bond donors (Lipinski definition) is 2. The van der Waals surface area contributed by atoms with Crippen molar-refractivity contribution >= 4 is 11.9 Å². The zero-order chi connectivity index (χ0) is 13.7. The smallest absolute Gasteiger partial charge is 0.354 e. The molecule has 0 fully saturated rings. The topological polar surface area (TPSA) is 110 Å². The lowest BCUT2D eigenvalue weighted by atomic mass is 10.2. The van der Waals surface area contributed by atoms with Gasteiger partial charge in [0, 0.05) is 18.9 Å². The SMILES string of the molecule is O=C(NCCn1ccnn1)c1ccc(C(=O)O)nc1. The van der Waals surface area contributed by atoms with Crippen molar-refractivity contribution in [3.05, 3.63) is 42.0 Å². The Morgan fingerprint density at radius 2 is 2.21 bits per heavy atom. The van der Waals surface area contributed by atoms with Crippen LogP contribution in [-0.2, 0) is 6.54 Å². The second-order valence-electron chi connectivity index (χ2n) is 3.66. The van der Waals surface area contributed by atoms with Gasteiger partial charge in [-0.05, 0) is 12.1 Å². The molecular weight excluding hydrogens is 250 g/mol. The van der Waals surface area contributed by atoms with E-state index in [9.17, 15) is 9.59 Å². The third-order valence-electron chi connectivity index (χ3n) is 2.34. The van der Waals surface area contributed by atoms with Gasteiger partial charge in [0.25, 0.3) is 5.91 Å². The summed E-state index contributed by atoms with van der Waals surface area (Å²) in [6.07, 6.45) is 4.47. The molecule has 0 saturated carbocycles. The molecule has 2 rings (SSSR count). The number of nitrogens with one attached hydrogen (secondary N) is 1. The van der Waals surface area contributed by atoms with E-state index in [2.05, 4.69) is 20.6 Å². The summed E-state index contributed by atoms with van der Waals surface area (Å²) in [4.78, 5) is 26.0. The molecule has 0 atom stereocenters. The van der Waals surface area contributed by atoms with Gasteiger partial charge in [-0.1, -0.05) is 5.21 Å². The van der Waals surface area contributed by atoms with Gasteiger partial charge in [-0.3, -0.25) is 9.48 Å². The minimum Gasteiger partial charge on any atom is -0.477 e. The number of amides is 1. The highest BCUT2D eigenvalue weighted by molar-refractivity contribution is 5.94. The predicted octanol–water partition coefficient (Wildman–Crippen LogP) is -0.199. The van der Waals surface area contributed by atoms with Crippen LogP contribution in [0.3, 0.4) is 0 Å². The summed E-state index contributed by atoms with van der Waals surface area (Å²) in [7, 11) is 0. The number of aromatic nitrogens is 4. The Morgan fingerprint density at radius 1 is 1.37 bits per heavy atom. The monoisotopic (exact) mass is 261 g/mol. The van der Waals surface area contributed by atoms with E-state index in [0.717, 1.165) is 0 Å². The van der Waals surface area contributed by atoms with Gasteiger partial charge in [0.15, 0.2) is 0 Å². The molecule has 0 aliphatic rings. The van der Waals surface area contributed by atoms with Crippen LogP contribution in [0.4, 0.5) is 0 Å². The molecule has 8 nitrogen and oxygen atoms in total. The quantitative estimate of drug-likeness (QED) is 0.771. The second-order valence-corrected chi connectivity index (χ2v) is 3.66. The lowest BCUT2D eigenvalue weighted by Crippen LogP contribution is -2.27. The fourth-order valence-corrected chi connectivity index (χ4v) is 1.39. The lowest BCUT2D eigenvalue weighted by Gasteiger charge is -2.04. The molecule has 0 saturated heterocycles. The molecule has 8 heteroatoms. The first kappa shape index (κ1) is 12.7. The molecule has 1 amide bonds. The highest BCUT2D eigenvalue weighted by atomic mass is 16.4. The number of aromatic carboxylic acids is 1. The molecular formula is C11H11N5O3. The number of carboxylic acids is 1. The fourth-order valence-electron chi connectivity index (χ4n) is 1.39. The first-order valence-corrected chi connectivity index (χ1v) is 5.48. The summed E-state index contributed by atoms with van der Waals surface area (Å²) in [5, 5.41) is 18.7. The molecule has 2 aromatic heterocycles. The summed E-state index contributed by atoms with van der Waals surface area (Å²) in [6.45, 7) is 0.898. The maximum atomic E-state index is 11.7. The Kier molecular flexibility index (Phi) is 3.81. The van der Waals surface area contributed by atoms with Gasteiger partial charge in [-0.2, -0.15) is 0 Å². The summed E-state index contributed by atoms with van der Waals surface area (Å²) in [5.74, 6) is -1.44. The largest absolute Gasteiger partial charge is 0.477 e. The van der Waals surface area contributed by atoms with E-state index < -0.39 is 5.97 Å². The minimum absolute atomic E-state index is 0.0980. The van der Waals surface area contributed by atoms with E-state index in [0.29, 0.717) is 18.7 Å². The Labute approximate surface area is 108 Å². The molecule has 0 aliphatic carbocycles. The van der Waals surface area contributed by atoms with E-state index in [4.69, 9.17) is 5.11 Å². The van der Waals surface area contributed by atoms with Crippen molar-refractivity contribution in [3.63, 3.8) is 0 Å². The van der Waals surface area contributed by atoms with Crippen LogP contribution < -0.4 is 5.32 Å². The van der Waals surface area contributed by atoms with Gasteiger partial charge in [-0.15, -0.1) is 5.10 Å². The molecule has 19 heavy (non-hydrogen) atoms. The summed E-state index contributed by atoms with van der Waals surface area (Å²) >= 11 is 0. The second kappa shape index (κ2) is 5.71. The van der Waals surface area contributed by atoms with Gasteiger partial charge in [0.05, 0.1) is 18.3 Å². The van der Waals surface area contributed by atoms with Crippen LogP contribution in [-0.4, -0.2) is 43.5 Å². The normalized spacial score (nSPS) is 10.1. The third kappa shape index (κ3) is 3.35. The highest BCUT2D eigenvalue weighted by Crippen LogP contribution is 2.00. The number of carbonyl (C=O) groups excluding carboxylic acids is 1. The predicted molar refractivity (Wildman–Crippen MR) is 63.6 cm³/mol. The van der Waals surface area contributed by atoms with Crippen molar-refractivity contribution in [2.75, 3.05) is 6.54 Å². The summed E-state index contributed by atoms with van der Waals surface area (Å²) in [5.41, 5.74) is 0.211. The van der Waals surface area contributed by atoms with Gasteiger partial charge in [-0.25, -0.2) is 9.78 Å². The van der Waals surface area contributed by atoms with Crippen molar-refractivity contribution in [1.29, 1.82) is 0 Å². The molecule has 0 aliphatic heterocycles. The van der Waals surface area contributed by atoms with E-state index in [1.165, 1.54) is 18.3 Å². The van der Waals surface area contributed by atoms with Gasteiger partial charge >= 0.3 is 5.97 Å². The zero-order valence-corrected chi connectivity index (χ0v) is 9.85. The van der Waals surface area contributed by atoms with Crippen molar-refractivity contribution < 1.29 is 14.7 Å². The number of carbonyl (C=O) groups is 2. The first-order chi connectivity index (χ1) is 9.16. The minimum atomic E-state index is -1.13. The van der Waals surface area contributed by atoms with Gasteiger partial charge in [0.1, 0.15) is 5.69 Å². The Hall–Kier alpha value is -2.77. The molecule has 0 radical (unpaired) electrons. The van der Waals surface area contributed by atoms with Crippen LogP contribution in [0, 0.1) is 0 Å². The molecule has 2 aromatic rings.